The van der Waals surface area contributed by atoms with Crippen molar-refractivity contribution >= 4 is 23.2 Å². The maximum absolute atomic E-state index is 13.6. The molecule has 0 unspecified atom stereocenters. The van der Waals surface area contributed by atoms with Crippen LogP contribution in [0.5, 0.6) is 0 Å². The topological polar surface area (TPSA) is 58.2 Å². The summed E-state index contributed by atoms with van der Waals surface area (Å²) >= 11 is 0. The van der Waals surface area contributed by atoms with Crippen molar-refractivity contribution < 1.29 is 14.0 Å². The van der Waals surface area contributed by atoms with Crippen LogP contribution in [0.1, 0.15) is 22.8 Å². The summed E-state index contributed by atoms with van der Waals surface area (Å²) in [5.74, 6) is -0.591. The second-order valence-corrected chi connectivity index (χ2v) is 4.65. The number of hydrogen-bond acceptors (Lipinski definition) is 2. The van der Waals surface area contributed by atoms with E-state index in [1.807, 2.05) is 0 Å². The fraction of sp³-hybridized carbons (Fsp3) is 0.125. The molecule has 0 aliphatic rings. The van der Waals surface area contributed by atoms with Gasteiger partial charge in [-0.25, -0.2) is 9.18 Å². The van der Waals surface area contributed by atoms with Gasteiger partial charge in [0.2, 0.25) is 0 Å². The van der Waals surface area contributed by atoms with E-state index in [0.29, 0.717) is 16.8 Å². The van der Waals surface area contributed by atoms with Gasteiger partial charge in [0.1, 0.15) is 5.82 Å². The van der Waals surface area contributed by atoms with E-state index >= 15 is 0 Å². The number of carbonyl (C=O) groups excluding carboxylic acids is 2. The summed E-state index contributed by atoms with van der Waals surface area (Å²) in [4.78, 5) is 23.2. The molecular weight excluding hydrogens is 271 g/mol. The molecule has 4 nitrogen and oxygen atoms in total. The maximum atomic E-state index is 13.6. The summed E-state index contributed by atoms with van der Waals surface area (Å²) in [6, 6.07) is 10.5. The molecule has 2 amide bonds. The zero-order chi connectivity index (χ0) is 15.4. The zero-order valence-corrected chi connectivity index (χ0v) is 11.7. The minimum Gasteiger partial charge on any atom is -0.308 e. The number of benzene rings is 2. The number of rotatable bonds is 3. The van der Waals surface area contributed by atoms with Crippen molar-refractivity contribution in [2.24, 2.45) is 0 Å². The maximum Gasteiger partial charge on any atom is 0.323 e. The first-order chi connectivity index (χ1) is 9.97. The zero-order valence-electron chi connectivity index (χ0n) is 11.7. The number of Topliss-reactive ketones (excluding diaryl/α,β-unsaturated/α-hetero) is 1. The number of amides is 2. The first-order valence-corrected chi connectivity index (χ1v) is 6.41. The van der Waals surface area contributed by atoms with E-state index in [4.69, 9.17) is 0 Å². The molecule has 21 heavy (non-hydrogen) atoms. The Morgan fingerprint density at radius 1 is 1.05 bits per heavy atom. The fourth-order valence-corrected chi connectivity index (χ4v) is 1.88. The van der Waals surface area contributed by atoms with Gasteiger partial charge in [-0.2, -0.15) is 0 Å². The van der Waals surface area contributed by atoms with Gasteiger partial charge in [0.05, 0.1) is 5.69 Å². The van der Waals surface area contributed by atoms with Crippen molar-refractivity contribution in [3.05, 3.63) is 59.4 Å². The van der Waals surface area contributed by atoms with Crippen LogP contribution in [0.3, 0.4) is 0 Å². The average Bonchev–Trinajstić information content (AvgIpc) is 2.43. The Morgan fingerprint density at radius 2 is 1.76 bits per heavy atom. The second kappa shape index (κ2) is 6.17. The summed E-state index contributed by atoms with van der Waals surface area (Å²) in [5, 5.41) is 5.04. The molecule has 5 heteroatoms. The Labute approximate surface area is 122 Å². The molecule has 0 heterocycles. The third kappa shape index (κ3) is 3.66. The second-order valence-electron chi connectivity index (χ2n) is 4.65. The van der Waals surface area contributed by atoms with Crippen LogP contribution in [0.25, 0.3) is 0 Å². The molecule has 0 atom stereocenters. The number of carbonyl (C=O) groups is 2. The summed E-state index contributed by atoms with van der Waals surface area (Å²) in [5.41, 5.74) is 1.73. The van der Waals surface area contributed by atoms with Gasteiger partial charge in [-0.05, 0) is 37.6 Å². The van der Waals surface area contributed by atoms with Crippen LogP contribution in [0, 0.1) is 12.7 Å². The van der Waals surface area contributed by atoms with E-state index in [-0.39, 0.29) is 11.5 Å². The highest BCUT2D eigenvalue weighted by Gasteiger charge is 2.10. The van der Waals surface area contributed by atoms with E-state index in [1.165, 1.54) is 13.0 Å². The molecule has 0 spiro atoms. The monoisotopic (exact) mass is 286 g/mol. The number of halogens is 1. The highest BCUT2D eigenvalue weighted by molar-refractivity contribution is 6.01. The first kappa shape index (κ1) is 14.7. The lowest BCUT2D eigenvalue weighted by molar-refractivity contribution is 0.101. The number of ketones is 1. The Balaban J connectivity index is 2.12. The van der Waals surface area contributed by atoms with Gasteiger partial charge in [-0.3, -0.25) is 4.79 Å². The molecule has 2 aromatic rings. The molecule has 2 aromatic carbocycles. The van der Waals surface area contributed by atoms with Crippen LogP contribution in [0.4, 0.5) is 20.6 Å². The molecule has 0 aromatic heterocycles. The van der Waals surface area contributed by atoms with Gasteiger partial charge >= 0.3 is 6.03 Å². The lowest BCUT2D eigenvalue weighted by Gasteiger charge is -2.11. The van der Waals surface area contributed by atoms with Gasteiger partial charge < -0.3 is 10.6 Å². The molecule has 108 valence electrons. The van der Waals surface area contributed by atoms with Crippen molar-refractivity contribution in [1.29, 1.82) is 0 Å². The van der Waals surface area contributed by atoms with Crippen molar-refractivity contribution in [2.75, 3.05) is 10.6 Å². The number of hydrogen-bond donors (Lipinski definition) is 2. The summed E-state index contributed by atoms with van der Waals surface area (Å²) in [6.07, 6.45) is 0. The molecule has 0 aliphatic heterocycles. The molecule has 0 fully saturated rings. The van der Waals surface area contributed by atoms with Crippen LogP contribution in [-0.4, -0.2) is 11.8 Å². The summed E-state index contributed by atoms with van der Waals surface area (Å²) < 4.78 is 13.6. The number of aryl methyl sites for hydroxylation is 1. The number of nitrogens with one attached hydrogen (secondary N) is 2. The van der Waals surface area contributed by atoms with Gasteiger partial charge in [0.25, 0.3) is 0 Å². The van der Waals surface area contributed by atoms with Crippen LogP contribution in [0.2, 0.25) is 0 Å². The molecular formula is C16H15FN2O2. The number of urea groups is 1. The van der Waals surface area contributed by atoms with Gasteiger partial charge in [0, 0.05) is 11.3 Å². The van der Waals surface area contributed by atoms with Crippen LogP contribution in [-0.2, 0) is 0 Å². The van der Waals surface area contributed by atoms with E-state index < -0.39 is 11.8 Å². The van der Waals surface area contributed by atoms with Crippen molar-refractivity contribution in [1.82, 2.24) is 0 Å². The van der Waals surface area contributed by atoms with E-state index in [1.54, 1.807) is 43.3 Å². The SMILES string of the molecule is CC(=O)c1cccc(NC(=O)Nc2c(C)cccc2F)c1. The number of anilines is 2. The van der Waals surface area contributed by atoms with Gasteiger partial charge in [-0.1, -0.05) is 24.3 Å². The van der Waals surface area contributed by atoms with Crippen molar-refractivity contribution in [3.63, 3.8) is 0 Å². The van der Waals surface area contributed by atoms with Crippen molar-refractivity contribution in [2.45, 2.75) is 13.8 Å². The Kier molecular flexibility index (Phi) is 4.33. The minimum absolute atomic E-state index is 0.0935. The minimum atomic E-state index is -0.566. The predicted octanol–water partition coefficient (Wildman–Crippen LogP) is 3.98. The predicted molar refractivity (Wildman–Crippen MR) is 80.2 cm³/mol. The summed E-state index contributed by atoms with van der Waals surface area (Å²) in [7, 11) is 0. The largest absolute Gasteiger partial charge is 0.323 e. The molecule has 0 radical (unpaired) electrons. The molecule has 2 N–H and O–H groups in total. The van der Waals surface area contributed by atoms with Crippen LogP contribution < -0.4 is 10.6 Å². The average molecular weight is 286 g/mol. The third-order valence-corrected chi connectivity index (χ3v) is 2.99. The quantitative estimate of drug-likeness (QED) is 0.838. The van der Waals surface area contributed by atoms with Gasteiger partial charge in [-0.15, -0.1) is 0 Å². The normalized spacial score (nSPS) is 10.0. The smallest absolute Gasteiger partial charge is 0.308 e. The molecule has 0 saturated carbocycles. The standard InChI is InChI=1S/C16H15FN2O2/c1-10-5-3-8-14(17)15(10)19-16(21)18-13-7-4-6-12(9-13)11(2)20/h3-9H,1-2H3,(H2,18,19,21). The van der Waals surface area contributed by atoms with Crippen LogP contribution >= 0.6 is 0 Å². The van der Waals surface area contributed by atoms with E-state index in [9.17, 15) is 14.0 Å². The van der Waals surface area contributed by atoms with E-state index in [0.717, 1.165) is 0 Å². The molecule has 0 bridgehead atoms. The molecule has 2 rings (SSSR count). The van der Waals surface area contributed by atoms with Crippen molar-refractivity contribution in [3.8, 4) is 0 Å². The highest BCUT2D eigenvalue weighted by Crippen LogP contribution is 2.19. The molecule has 0 saturated heterocycles. The first-order valence-electron chi connectivity index (χ1n) is 6.41. The Hall–Kier alpha value is -2.69. The van der Waals surface area contributed by atoms with E-state index in [2.05, 4.69) is 10.6 Å². The Bertz CT molecular complexity index is 678. The lowest BCUT2D eigenvalue weighted by atomic mass is 10.1. The molecule has 0 aliphatic carbocycles. The third-order valence-electron chi connectivity index (χ3n) is 2.99. The highest BCUT2D eigenvalue weighted by atomic mass is 19.1. The number of para-hydroxylation sites is 1. The summed E-state index contributed by atoms with van der Waals surface area (Å²) in [6.45, 7) is 3.15. The van der Waals surface area contributed by atoms with Gasteiger partial charge in [0.15, 0.2) is 5.78 Å². The van der Waals surface area contributed by atoms with Crippen LogP contribution in [0.15, 0.2) is 42.5 Å². The fourth-order valence-electron chi connectivity index (χ4n) is 1.88. The lowest BCUT2D eigenvalue weighted by Crippen LogP contribution is -2.20. The Morgan fingerprint density at radius 3 is 2.43 bits per heavy atom.